The Balaban J connectivity index is 1.73. The van der Waals surface area contributed by atoms with Crippen molar-refractivity contribution in [2.75, 3.05) is 26.9 Å². The first-order valence-corrected chi connectivity index (χ1v) is 6.83. The first-order chi connectivity index (χ1) is 8.90. The first kappa shape index (κ1) is 13.4. The minimum absolute atomic E-state index is 0.494. The second kappa shape index (κ2) is 7.39. The molecule has 2 atom stereocenters. The van der Waals surface area contributed by atoms with Crippen LogP contribution in [0.15, 0.2) is 30.3 Å². The molecule has 1 aliphatic heterocycles. The largest absolute Gasteiger partial charge is 0.494 e. The van der Waals surface area contributed by atoms with E-state index in [1.54, 1.807) is 0 Å². The fourth-order valence-electron chi connectivity index (χ4n) is 2.52. The van der Waals surface area contributed by atoms with Gasteiger partial charge in [-0.1, -0.05) is 18.2 Å². The van der Waals surface area contributed by atoms with Crippen LogP contribution in [-0.4, -0.2) is 32.9 Å². The van der Waals surface area contributed by atoms with E-state index in [4.69, 9.17) is 9.47 Å². The van der Waals surface area contributed by atoms with E-state index < -0.39 is 0 Å². The maximum atomic E-state index is 5.75. The van der Waals surface area contributed by atoms with Crippen LogP contribution in [-0.2, 0) is 4.74 Å². The molecule has 1 heterocycles. The normalized spacial score (nSPS) is 21.5. The van der Waals surface area contributed by atoms with Crippen LogP contribution in [0.2, 0.25) is 0 Å². The van der Waals surface area contributed by atoms with E-state index >= 15 is 0 Å². The SMILES string of the molecule is CNC(CCOc1ccccc1)C1CCCOC1. The lowest BCUT2D eigenvalue weighted by atomic mass is 9.92. The summed E-state index contributed by atoms with van der Waals surface area (Å²) < 4.78 is 11.3. The lowest BCUT2D eigenvalue weighted by Crippen LogP contribution is -2.39. The Bertz CT molecular complexity index is 323. The minimum atomic E-state index is 0.494. The summed E-state index contributed by atoms with van der Waals surface area (Å²) in [4.78, 5) is 0. The van der Waals surface area contributed by atoms with Gasteiger partial charge in [0, 0.05) is 12.6 Å². The molecule has 100 valence electrons. The first-order valence-electron chi connectivity index (χ1n) is 6.83. The molecule has 0 spiro atoms. The summed E-state index contributed by atoms with van der Waals surface area (Å²) in [6.45, 7) is 2.57. The molecule has 2 rings (SSSR count). The van der Waals surface area contributed by atoms with Crippen molar-refractivity contribution in [2.45, 2.75) is 25.3 Å². The van der Waals surface area contributed by atoms with Crippen molar-refractivity contribution < 1.29 is 9.47 Å². The Kier molecular flexibility index (Phi) is 5.49. The highest BCUT2D eigenvalue weighted by Crippen LogP contribution is 2.19. The van der Waals surface area contributed by atoms with Crippen LogP contribution in [0.1, 0.15) is 19.3 Å². The van der Waals surface area contributed by atoms with E-state index in [1.165, 1.54) is 12.8 Å². The molecule has 3 nitrogen and oxygen atoms in total. The molecule has 18 heavy (non-hydrogen) atoms. The monoisotopic (exact) mass is 249 g/mol. The molecule has 0 aromatic heterocycles. The zero-order valence-electron chi connectivity index (χ0n) is 11.1. The van der Waals surface area contributed by atoms with Gasteiger partial charge in [-0.2, -0.15) is 0 Å². The fourth-order valence-corrected chi connectivity index (χ4v) is 2.52. The highest BCUT2D eigenvalue weighted by Gasteiger charge is 2.22. The zero-order valence-corrected chi connectivity index (χ0v) is 11.1. The van der Waals surface area contributed by atoms with Crippen LogP contribution in [0.25, 0.3) is 0 Å². The standard InChI is InChI=1S/C15H23NO2/c1-16-15(13-6-5-10-17-12-13)9-11-18-14-7-3-2-4-8-14/h2-4,7-8,13,15-16H,5-6,9-12H2,1H3. The molecule has 0 radical (unpaired) electrons. The summed E-state index contributed by atoms with van der Waals surface area (Å²) in [7, 11) is 2.03. The maximum Gasteiger partial charge on any atom is 0.119 e. The average Bonchev–Trinajstić information content (AvgIpc) is 2.46. The molecule has 1 aliphatic rings. The molecule has 0 bridgehead atoms. The van der Waals surface area contributed by atoms with Crippen molar-refractivity contribution in [3.05, 3.63) is 30.3 Å². The average molecular weight is 249 g/mol. The summed E-state index contributed by atoms with van der Waals surface area (Å²) in [6, 6.07) is 10.5. The smallest absolute Gasteiger partial charge is 0.119 e. The number of hydrogen-bond acceptors (Lipinski definition) is 3. The lowest BCUT2D eigenvalue weighted by Gasteiger charge is -2.30. The number of hydrogen-bond donors (Lipinski definition) is 1. The van der Waals surface area contributed by atoms with Gasteiger partial charge in [0.2, 0.25) is 0 Å². The molecule has 0 amide bonds. The molecular weight excluding hydrogens is 226 g/mol. The Morgan fingerprint density at radius 3 is 2.89 bits per heavy atom. The van der Waals surface area contributed by atoms with E-state index in [0.29, 0.717) is 12.0 Å². The molecule has 3 heteroatoms. The van der Waals surface area contributed by atoms with Crippen LogP contribution in [0.4, 0.5) is 0 Å². The van der Waals surface area contributed by atoms with Crippen molar-refractivity contribution in [1.29, 1.82) is 0 Å². The van der Waals surface area contributed by atoms with Crippen LogP contribution in [0, 0.1) is 5.92 Å². The van der Waals surface area contributed by atoms with Gasteiger partial charge in [-0.05, 0) is 44.4 Å². The topological polar surface area (TPSA) is 30.5 Å². The zero-order chi connectivity index (χ0) is 12.6. The quantitative estimate of drug-likeness (QED) is 0.840. The molecule has 1 aromatic carbocycles. The number of benzene rings is 1. The predicted molar refractivity (Wildman–Crippen MR) is 72.9 cm³/mol. The molecule has 1 aromatic rings. The Hall–Kier alpha value is -1.06. The van der Waals surface area contributed by atoms with Gasteiger partial charge in [-0.25, -0.2) is 0 Å². The summed E-state index contributed by atoms with van der Waals surface area (Å²) in [5.74, 6) is 1.58. The maximum absolute atomic E-state index is 5.75. The van der Waals surface area contributed by atoms with Crippen molar-refractivity contribution in [1.82, 2.24) is 5.32 Å². The summed E-state index contributed by atoms with van der Waals surface area (Å²) in [5.41, 5.74) is 0. The van der Waals surface area contributed by atoms with E-state index in [-0.39, 0.29) is 0 Å². The third kappa shape index (κ3) is 4.00. The predicted octanol–water partition coefficient (Wildman–Crippen LogP) is 2.47. The summed E-state index contributed by atoms with van der Waals surface area (Å²) >= 11 is 0. The highest BCUT2D eigenvalue weighted by molar-refractivity contribution is 5.20. The second-order valence-corrected chi connectivity index (χ2v) is 4.82. The number of ether oxygens (including phenoxy) is 2. The van der Waals surface area contributed by atoms with Crippen molar-refractivity contribution in [3.63, 3.8) is 0 Å². The van der Waals surface area contributed by atoms with Gasteiger partial charge in [0.25, 0.3) is 0 Å². The van der Waals surface area contributed by atoms with E-state index in [1.807, 2.05) is 37.4 Å². The fraction of sp³-hybridized carbons (Fsp3) is 0.600. The molecule has 1 N–H and O–H groups in total. The minimum Gasteiger partial charge on any atom is -0.494 e. The lowest BCUT2D eigenvalue weighted by molar-refractivity contribution is 0.0370. The van der Waals surface area contributed by atoms with Crippen LogP contribution in [0.3, 0.4) is 0 Å². The van der Waals surface area contributed by atoms with Gasteiger partial charge in [0.05, 0.1) is 13.2 Å². The molecule has 2 unspecified atom stereocenters. The number of rotatable bonds is 6. The van der Waals surface area contributed by atoms with E-state index in [9.17, 15) is 0 Å². The number of para-hydroxylation sites is 1. The highest BCUT2D eigenvalue weighted by atomic mass is 16.5. The molecule has 1 fully saturated rings. The Morgan fingerprint density at radius 2 is 2.22 bits per heavy atom. The van der Waals surface area contributed by atoms with Crippen LogP contribution < -0.4 is 10.1 Å². The van der Waals surface area contributed by atoms with Crippen LogP contribution >= 0.6 is 0 Å². The van der Waals surface area contributed by atoms with Crippen LogP contribution in [0.5, 0.6) is 5.75 Å². The van der Waals surface area contributed by atoms with Gasteiger partial charge < -0.3 is 14.8 Å². The summed E-state index contributed by atoms with van der Waals surface area (Å²) in [5, 5.41) is 3.40. The van der Waals surface area contributed by atoms with Crippen molar-refractivity contribution in [2.24, 2.45) is 5.92 Å². The second-order valence-electron chi connectivity index (χ2n) is 4.82. The van der Waals surface area contributed by atoms with Gasteiger partial charge in [0.1, 0.15) is 5.75 Å². The molecular formula is C15H23NO2. The molecule has 1 saturated heterocycles. The summed E-state index contributed by atoms with van der Waals surface area (Å²) in [6.07, 6.45) is 3.47. The van der Waals surface area contributed by atoms with Gasteiger partial charge in [0.15, 0.2) is 0 Å². The van der Waals surface area contributed by atoms with Gasteiger partial charge >= 0.3 is 0 Å². The van der Waals surface area contributed by atoms with E-state index in [2.05, 4.69) is 5.32 Å². The molecule has 0 aliphatic carbocycles. The third-order valence-electron chi connectivity index (χ3n) is 3.58. The van der Waals surface area contributed by atoms with Gasteiger partial charge in [-0.3, -0.25) is 0 Å². The Morgan fingerprint density at radius 1 is 1.39 bits per heavy atom. The number of nitrogens with one attached hydrogen (secondary N) is 1. The van der Waals surface area contributed by atoms with Crippen molar-refractivity contribution >= 4 is 0 Å². The van der Waals surface area contributed by atoms with Crippen molar-refractivity contribution in [3.8, 4) is 5.75 Å². The van der Waals surface area contributed by atoms with Gasteiger partial charge in [-0.15, -0.1) is 0 Å². The molecule has 0 saturated carbocycles. The van der Waals surface area contributed by atoms with E-state index in [0.717, 1.165) is 32.0 Å². The third-order valence-corrected chi connectivity index (χ3v) is 3.58. The Labute approximate surface area is 109 Å².